The molecular formula is C21H24FNO3. The smallest absolute Gasteiger partial charge is 0.248 e. The van der Waals surface area contributed by atoms with Crippen LogP contribution in [0.4, 0.5) is 10.1 Å². The predicted molar refractivity (Wildman–Crippen MR) is 102 cm³/mol. The molecule has 0 aliphatic rings. The zero-order valence-corrected chi connectivity index (χ0v) is 15.1. The quantitative estimate of drug-likeness (QED) is 0.504. The molecule has 0 radical (unpaired) electrons. The van der Waals surface area contributed by atoms with Gasteiger partial charge in [-0.25, -0.2) is 4.39 Å². The van der Waals surface area contributed by atoms with Crippen molar-refractivity contribution in [1.82, 2.24) is 0 Å². The fourth-order valence-electron chi connectivity index (χ4n) is 2.33. The first-order valence-corrected chi connectivity index (χ1v) is 8.68. The molecule has 0 aromatic heterocycles. The largest absolute Gasteiger partial charge is 0.493 e. The van der Waals surface area contributed by atoms with Crippen molar-refractivity contribution in [2.24, 2.45) is 0 Å². The number of carbonyl (C=O) groups is 1. The van der Waals surface area contributed by atoms with Gasteiger partial charge in [-0.15, -0.1) is 0 Å². The second kappa shape index (κ2) is 10.2. The van der Waals surface area contributed by atoms with Crippen LogP contribution in [0.25, 0.3) is 6.08 Å². The summed E-state index contributed by atoms with van der Waals surface area (Å²) < 4.78 is 24.0. The van der Waals surface area contributed by atoms with Crippen LogP contribution in [0.3, 0.4) is 0 Å². The van der Waals surface area contributed by atoms with Gasteiger partial charge in [-0.2, -0.15) is 0 Å². The number of halogens is 1. The molecule has 0 saturated heterocycles. The molecule has 0 spiro atoms. The molecule has 0 unspecified atom stereocenters. The highest BCUT2D eigenvalue weighted by molar-refractivity contribution is 6.01. The summed E-state index contributed by atoms with van der Waals surface area (Å²) in [5.41, 5.74) is 1.35. The van der Waals surface area contributed by atoms with Crippen LogP contribution in [-0.2, 0) is 4.79 Å². The Kier molecular flexibility index (Phi) is 7.68. The lowest BCUT2D eigenvalue weighted by Gasteiger charge is -2.11. The molecule has 5 heteroatoms. The molecule has 138 valence electrons. The van der Waals surface area contributed by atoms with Crippen LogP contribution in [0.5, 0.6) is 11.5 Å². The molecule has 0 saturated carbocycles. The first kappa shape index (κ1) is 19.5. The molecule has 0 bridgehead atoms. The lowest BCUT2D eigenvalue weighted by Crippen LogP contribution is -2.07. The number of methoxy groups -OCH3 is 1. The van der Waals surface area contributed by atoms with E-state index in [2.05, 4.69) is 12.2 Å². The van der Waals surface area contributed by atoms with Gasteiger partial charge < -0.3 is 14.8 Å². The summed E-state index contributed by atoms with van der Waals surface area (Å²) in [4.78, 5) is 11.9. The SMILES string of the molecule is CCCCCOc1ccc(/C=C/C(=O)Nc2ccc(F)cc2)cc1OC. The Morgan fingerprint density at radius 1 is 1.12 bits per heavy atom. The van der Waals surface area contributed by atoms with Gasteiger partial charge in [0, 0.05) is 11.8 Å². The van der Waals surface area contributed by atoms with E-state index in [0.717, 1.165) is 24.8 Å². The zero-order valence-electron chi connectivity index (χ0n) is 15.1. The summed E-state index contributed by atoms with van der Waals surface area (Å²) in [7, 11) is 1.59. The molecule has 0 aliphatic carbocycles. The second-order valence-electron chi connectivity index (χ2n) is 5.80. The van der Waals surface area contributed by atoms with Gasteiger partial charge in [-0.3, -0.25) is 4.79 Å². The molecule has 0 fully saturated rings. The number of ether oxygens (including phenoxy) is 2. The van der Waals surface area contributed by atoms with Gasteiger partial charge in [-0.1, -0.05) is 25.8 Å². The van der Waals surface area contributed by atoms with Crippen LogP contribution in [0.15, 0.2) is 48.5 Å². The molecule has 2 aromatic rings. The minimum Gasteiger partial charge on any atom is -0.493 e. The van der Waals surface area contributed by atoms with E-state index in [1.807, 2.05) is 18.2 Å². The summed E-state index contributed by atoms with van der Waals surface area (Å²) in [6, 6.07) is 11.1. The van der Waals surface area contributed by atoms with Crippen molar-refractivity contribution < 1.29 is 18.7 Å². The van der Waals surface area contributed by atoms with E-state index >= 15 is 0 Å². The Morgan fingerprint density at radius 2 is 1.88 bits per heavy atom. The maximum atomic E-state index is 12.9. The number of hydrogen-bond donors (Lipinski definition) is 1. The maximum absolute atomic E-state index is 12.9. The molecule has 1 amide bonds. The number of nitrogens with one attached hydrogen (secondary N) is 1. The Balaban J connectivity index is 1.96. The van der Waals surface area contributed by atoms with Crippen LogP contribution in [-0.4, -0.2) is 19.6 Å². The van der Waals surface area contributed by atoms with Gasteiger partial charge in [0.05, 0.1) is 13.7 Å². The van der Waals surface area contributed by atoms with Crippen LogP contribution < -0.4 is 14.8 Å². The predicted octanol–water partition coefficient (Wildman–Crippen LogP) is 5.06. The summed E-state index contributed by atoms with van der Waals surface area (Å²) >= 11 is 0. The molecule has 0 heterocycles. The Labute approximate surface area is 153 Å². The van der Waals surface area contributed by atoms with Gasteiger partial charge >= 0.3 is 0 Å². The number of unbranched alkanes of at least 4 members (excludes halogenated alkanes) is 2. The molecule has 0 atom stereocenters. The molecule has 1 N–H and O–H groups in total. The third-order valence-electron chi connectivity index (χ3n) is 3.73. The fourth-order valence-corrected chi connectivity index (χ4v) is 2.33. The standard InChI is InChI=1S/C21H24FNO3/c1-3-4-5-14-26-19-12-6-16(15-20(19)25-2)7-13-21(24)23-18-10-8-17(22)9-11-18/h6-13,15H,3-5,14H2,1-2H3,(H,23,24)/b13-7+. The average Bonchev–Trinajstić information content (AvgIpc) is 2.66. The second-order valence-corrected chi connectivity index (χ2v) is 5.80. The summed E-state index contributed by atoms with van der Waals surface area (Å²) in [6.45, 7) is 2.80. The van der Waals surface area contributed by atoms with E-state index < -0.39 is 0 Å². The molecule has 2 aromatic carbocycles. The third kappa shape index (κ3) is 6.24. The van der Waals surface area contributed by atoms with Crippen molar-refractivity contribution in [1.29, 1.82) is 0 Å². The van der Waals surface area contributed by atoms with Gasteiger partial charge in [-0.05, 0) is 54.5 Å². The molecule has 0 aliphatic heterocycles. The van der Waals surface area contributed by atoms with E-state index in [-0.39, 0.29) is 11.7 Å². The van der Waals surface area contributed by atoms with E-state index in [1.165, 1.54) is 30.3 Å². The minimum absolute atomic E-state index is 0.296. The number of hydrogen-bond acceptors (Lipinski definition) is 3. The normalized spacial score (nSPS) is 10.7. The summed E-state index contributed by atoms with van der Waals surface area (Å²) in [5, 5.41) is 2.67. The van der Waals surface area contributed by atoms with E-state index in [1.54, 1.807) is 13.2 Å². The zero-order chi connectivity index (χ0) is 18.8. The van der Waals surface area contributed by atoms with Crippen molar-refractivity contribution >= 4 is 17.7 Å². The maximum Gasteiger partial charge on any atom is 0.248 e. The Morgan fingerprint density at radius 3 is 2.58 bits per heavy atom. The molecule has 2 rings (SSSR count). The van der Waals surface area contributed by atoms with Crippen LogP contribution >= 0.6 is 0 Å². The highest BCUT2D eigenvalue weighted by Crippen LogP contribution is 2.28. The van der Waals surface area contributed by atoms with Gasteiger partial charge in [0.1, 0.15) is 5.82 Å². The number of anilines is 1. The highest BCUT2D eigenvalue weighted by Gasteiger charge is 2.05. The van der Waals surface area contributed by atoms with Gasteiger partial charge in [0.25, 0.3) is 0 Å². The number of rotatable bonds is 9. The van der Waals surface area contributed by atoms with Crippen LogP contribution in [0.2, 0.25) is 0 Å². The van der Waals surface area contributed by atoms with Crippen molar-refractivity contribution in [2.45, 2.75) is 26.2 Å². The van der Waals surface area contributed by atoms with Crippen molar-refractivity contribution in [2.75, 3.05) is 19.0 Å². The average molecular weight is 357 g/mol. The van der Waals surface area contributed by atoms with Gasteiger partial charge in [0.2, 0.25) is 5.91 Å². The van der Waals surface area contributed by atoms with Crippen molar-refractivity contribution in [3.05, 3.63) is 59.9 Å². The monoisotopic (exact) mass is 357 g/mol. The lowest BCUT2D eigenvalue weighted by molar-refractivity contribution is -0.111. The van der Waals surface area contributed by atoms with Crippen molar-refractivity contribution in [3.63, 3.8) is 0 Å². The van der Waals surface area contributed by atoms with Crippen molar-refractivity contribution in [3.8, 4) is 11.5 Å². The van der Waals surface area contributed by atoms with E-state index in [4.69, 9.17) is 9.47 Å². The van der Waals surface area contributed by atoms with E-state index in [9.17, 15) is 9.18 Å². The first-order valence-electron chi connectivity index (χ1n) is 8.68. The molecule has 26 heavy (non-hydrogen) atoms. The third-order valence-corrected chi connectivity index (χ3v) is 3.73. The minimum atomic E-state index is -0.345. The summed E-state index contributed by atoms with van der Waals surface area (Å²) in [5.74, 6) is 0.678. The van der Waals surface area contributed by atoms with Gasteiger partial charge in [0.15, 0.2) is 11.5 Å². The van der Waals surface area contributed by atoms with Crippen LogP contribution in [0, 0.1) is 5.82 Å². The first-order chi connectivity index (χ1) is 12.6. The Hall–Kier alpha value is -2.82. The number of carbonyl (C=O) groups excluding carboxylic acids is 1. The van der Waals surface area contributed by atoms with E-state index in [0.29, 0.717) is 23.8 Å². The fraction of sp³-hybridized carbons (Fsp3) is 0.286. The molecule has 4 nitrogen and oxygen atoms in total. The summed E-state index contributed by atoms with van der Waals surface area (Å²) in [6.07, 6.45) is 6.38. The number of amides is 1. The lowest BCUT2D eigenvalue weighted by atomic mass is 10.2. The topological polar surface area (TPSA) is 47.6 Å². The Bertz CT molecular complexity index is 741. The molecular weight excluding hydrogens is 333 g/mol. The highest BCUT2D eigenvalue weighted by atomic mass is 19.1. The number of benzene rings is 2. The van der Waals surface area contributed by atoms with Crippen LogP contribution in [0.1, 0.15) is 31.7 Å².